The highest BCUT2D eigenvalue weighted by atomic mass is 32.3. The lowest BCUT2D eigenvalue weighted by Crippen LogP contribution is -1.80. The van der Waals surface area contributed by atoms with Crippen LogP contribution in [0.15, 0.2) is 8.80 Å². The summed E-state index contributed by atoms with van der Waals surface area (Å²) in [4.78, 5) is 0. The second-order valence-corrected chi connectivity index (χ2v) is 2.40. The van der Waals surface area contributed by atoms with Gasteiger partial charge in [-0.2, -0.15) is 0 Å². The van der Waals surface area contributed by atoms with E-state index in [4.69, 9.17) is 9.11 Å². The van der Waals surface area contributed by atoms with Gasteiger partial charge in [-0.3, -0.25) is 9.11 Å². The van der Waals surface area contributed by atoms with Crippen molar-refractivity contribution in [1.82, 2.24) is 0 Å². The van der Waals surface area contributed by atoms with Crippen molar-refractivity contribution in [2.75, 3.05) is 0 Å². The van der Waals surface area contributed by atoms with Crippen LogP contribution in [0, 0.1) is 0 Å². The first-order valence-electron chi connectivity index (χ1n) is 1.58. The van der Waals surface area contributed by atoms with Crippen LogP contribution in [0.4, 0.5) is 0 Å². The molecule has 0 aliphatic carbocycles. The highest BCUT2D eigenvalue weighted by Gasteiger charge is 2.06. The molecule has 5 heteroatoms. The topological polar surface area (TPSA) is 65.2 Å². The third kappa shape index (κ3) is 0.986. The van der Waals surface area contributed by atoms with E-state index in [1.807, 2.05) is 0 Å². The second-order valence-electron chi connectivity index (χ2n) is 0.999. The minimum Gasteiger partial charge on any atom is -0.262 e. The van der Waals surface area contributed by atoms with Crippen LogP contribution in [0.5, 0.6) is 0 Å². The van der Waals surface area contributed by atoms with E-state index in [2.05, 4.69) is 8.80 Å². The lowest BCUT2D eigenvalue weighted by atomic mass is 10.9. The van der Waals surface area contributed by atoms with Crippen molar-refractivity contribution in [3.8, 4) is 0 Å². The Morgan fingerprint density at radius 1 is 1.14 bits per heavy atom. The SMILES string of the molecule is OS1(O)N=CC=N1. The zero-order valence-electron chi connectivity index (χ0n) is 3.35. The molecule has 0 aromatic carbocycles. The summed E-state index contributed by atoms with van der Waals surface area (Å²) in [7, 11) is -2.91. The molecule has 1 rings (SSSR count). The maximum absolute atomic E-state index is 8.44. The molecule has 0 aromatic heterocycles. The van der Waals surface area contributed by atoms with E-state index in [0.29, 0.717) is 0 Å². The van der Waals surface area contributed by atoms with Crippen molar-refractivity contribution >= 4 is 23.4 Å². The van der Waals surface area contributed by atoms with Crippen LogP contribution >= 0.6 is 11.0 Å². The molecule has 0 fully saturated rings. The van der Waals surface area contributed by atoms with Gasteiger partial charge in [-0.05, 0) is 0 Å². The van der Waals surface area contributed by atoms with Gasteiger partial charge in [-0.1, -0.05) is 0 Å². The number of nitrogens with zero attached hydrogens (tertiary/aromatic N) is 2. The van der Waals surface area contributed by atoms with Gasteiger partial charge in [0.25, 0.3) is 0 Å². The van der Waals surface area contributed by atoms with E-state index in [-0.39, 0.29) is 0 Å². The Morgan fingerprint density at radius 3 is 1.71 bits per heavy atom. The summed E-state index contributed by atoms with van der Waals surface area (Å²) in [6.07, 6.45) is 2.52. The zero-order valence-corrected chi connectivity index (χ0v) is 4.17. The highest BCUT2D eigenvalue weighted by molar-refractivity contribution is 8.22. The van der Waals surface area contributed by atoms with E-state index in [1.165, 1.54) is 12.4 Å². The molecule has 0 amide bonds. The van der Waals surface area contributed by atoms with Gasteiger partial charge < -0.3 is 0 Å². The molecule has 0 aromatic rings. The monoisotopic (exact) mass is 120 g/mol. The van der Waals surface area contributed by atoms with Crippen LogP contribution in [0.2, 0.25) is 0 Å². The Kier molecular flexibility index (Phi) is 0.878. The summed E-state index contributed by atoms with van der Waals surface area (Å²) in [6, 6.07) is 0. The summed E-state index contributed by atoms with van der Waals surface area (Å²) >= 11 is 0. The van der Waals surface area contributed by atoms with Crippen molar-refractivity contribution in [1.29, 1.82) is 0 Å². The fourth-order valence-corrected chi connectivity index (χ4v) is 0.735. The summed E-state index contributed by atoms with van der Waals surface area (Å²) in [6.45, 7) is 0. The molecule has 0 saturated carbocycles. The molecule has 0 bridgehead atoms. The third-order valence-electron chi connectivity index (χ3n) is 0.471. The standard InChI is InChI=1S/C2H4N2O2S/c5-7(6)3-1-2-4-7/h1-2,5-6H. The largest absolute Gasteiger partial charge is 0.262 e. The second kappa shape index (κ2) is 1.29. The molecule has 7 heavy (non-hydrogen) atoms. The molecule has 0 saturated heterocycles. The van der Waals surface area contributed by atoms with Gasteiger partial charge in [-0.25, -0.2) is 0 Å². The lowest BCUT2D eigenvalue weighted by molar-refractivity contribution is 0.493. The average Bonchev–Trinajstić information content (AvgIpc) is 1.84. The van der Waals surface area contributed by atoms with Gasteiger partial charge in [-0.15, -0.1) is 8.80 Å². The van der Waals surface area contributed by atoms with Crippen molar-refractivity contribution in [3.05, 3.63) is 0 Å². The van der Waals surface area contributed by atoms with Gasteiger partial charge in [0, 0.05) is 11.0 Å². The quantitative estimate of drug-likeness (QED) is 0.494. The van der Waals surface area contributed by atoms with Gasteiger partial charge in [0.15, 0.2) is 0 Å². The molecule has 0 atom stereocenters. The maximum Gasteiger partial charge on any atom is 0.0686 e. The first-order valence-corrected chi connectivity index (χ1v) is 3.04. The van der Waals surface area contributed by atoms with Gasteiger partial charge in [0.1, 0.15) is 0 Å². The van der Waals surface area contributed by atoms with Crippen molar-refractivity contribution < 1.29 is 9.11 Å². The van der Waals surface area contributed by atoms with Crippen LogP contribution in [-0.2, 0) is 0 Å². The van der Waals surface area contributed by atoms with Crippen molar-refractivity contribution in [2.24, 2.45) is 8.80 Å². The van der Waals surface area contributed by atoms with Crippen molar-refractivity contribution in [2.45, 2.75) is 0 Å². The minimum absolute atomic E-state index is 1.26. The minimum atomic E-state index is -2.91. The number of hydrogen-bond acceptors (Lipinski definition) is 4. The first-order chi connectivity index (χ1) is 3.21. The molecular weight excluding hydrogens is 116 g/mol. The van der Waals surface area contributed by atoms with Crippen LogP contribution in [0.3, 0.4) is 0 Å². The van der Waals surface area contributed by atoms with E-state index >= 15 is 0 Å². The third-order valence-corrected chi connectivity index (χ3v) is 1.28. The van der Waals surface area contributed by atoms with E-state index in [9.17, 15) is 0 Å². The lowest BCUT2D eigenvalue weighted by Gasteiger charge is -2.14. The van der Waals surface area contributed by atoms with E-state index in [0.717, 1.165) is 0 Å². The normalized spacial score (nSPS) is 28.3. The van der Waals surface area contributed by atoms with E-state index in [1.54, 1.807) is 0 Å². The predicted molar refractivity (Wildman–Crippen MR) is 29.8 cm³/mol. The molecule has 40 valence electrons. The van der Waals surface area contributed by atoms with Gasteiger partial charge >= 0.3 is 0 Å². The first kappa shape index (κ1) is 4.76. The van der Waals surface area contributed by atoms with Crippen LogP contribution in [0.25, 0.3) is 0 Å². The van der Waals surface area contributed by atoms with Crippen LogP contribution in [0.1, 0.15) is 0 Å². The Hall–Kier alpha value is -0.390. The molecule has 4 nitrogen and oxygen atoms in total. The number of hydrogen-bond donors (Lipinski definition) is 2. The number of rotatable bonds is 0. The van der Waals surface area contributed by atoms with Gasteiger partial charge in [0.05, 0.1) is 12.4 Å². The molecule has 2 N–H and O–H groups in total. The van der Waals surface area contributed by atoms with Gasteiger partial charge in [0.2, 0.25) is 0 Å². The smallest absolute Gasteiger partial charge is 0.0686 e. The average molecular weight is 120 g/mol. The van der Waals surface area contributed by atoms with Crippen LogP contribution < -0.4 is 0 Å². The maximum atomic E-state index is 8.44. The highest BCUT2D eigenvalue weighted by Crippen LogP contribution is 2.42. The molecule has 0 radical (unpaired) electrons. The Balaban J connectivity index is 2.77. The van der Waals surface area contributed by atoms with Crippen LogP contribution in [-0.4, -0.2) is 21.5 Å². The van der Waals surface area contributed by atoms with E-state index < -0.39 is 11.0 Å². The fourth-order valence-electron chi connectivity index (χ4n) is 0.245. The molecule has 1 aliphatic rings. The molecule has 0 unspecified atom stereocenters. The summed E-state index contributed by atoms with van der Waals surface area (Å²) in [5.74, 6) is 0. The summed E-state index contributed by atoms with van der Waals surface area (Å²) < 4.78 is 23.3. The Labute approximate surface area is 42.2 Å². The predicted octanol–water partition coefficient (Wildman–Crippen LogP) is 0.722. The Morgan fingerprint density at radius 2 is 1.57 bits per heavy atom. The summed E-state index contributed by atoms with van der Waals surface area (Å²) in [5, 5.41) is 0. The van der Waals surface area contributed by atoms with Crippen molar-refractivity contribution in [3.63, 3.8) is 0 Å². The Bertz CT molecular complexity index is 116. The molecule has 1 heterocycles. The molecule has 0 spiro atoms. The summed E-state index contributed by atoms with van der Waals surface area (Å²) in [5.41, 5.74) is 0. The molecular formula is C2H4N2O2S. The fraction of sp³-hybridized carbons (Fsp3) is 0. The zero-order chi connectivity index (χ0) is 5.33. The molecule has 1 aliphatic heterocycles.